The van der Waals surface area contributed by atoms with Crippen LogP contribution in [0.25, 0.3) is 0 Å². The Labute approximate surface area is 181 Å². The number of nitrogens with zero attached hydrogens (tertiary/aromatic N) is 1. The van der Waals surface area contributed by atoms with E-state index in [0.717, 1.165) is 32.2 Å². The lowest BCUT2D eigenvalue weighted by molar-refractivity contribution is 0.0352. The summed E-state index contributed by atoms with van der Waals surface area (Å²) in [6, 6.07) is 10.1. The molecule has 0 radical (unpaired) electrons. The van der Waals surface area contributed by atoms with Crippen LogP contribution in [0.5, 0.6) is 0 Å². The number of aliphatic hydroxyl groups excluding tert-OH is 3. The Morgan fingerprint density at radius 3 is 2.63 bits per heavy atom. The predicted molar refractivity (Wildman–Crippen MR) is 122 cm³/mol. The maximum atomic E-state index is 10.8. The molecule has 0 bridgehead atoms. The minimum Gasteiger partial charge on any atom is -0.513 e. The van der Waals surface area contributed by atoms with Crippen LogP contribution in [-0.2, 0) is 6.42 Å². The molecule has 0 aliphatic heterocycles. The molecule has 0 saturated heterocycles. The first kappa shape index (κ1) is 23.1. The van der Waals surface area contributed by atoms with E-state index >= 15 is 0 Å². The zero-order valence-electron chi connectivity index (χ0n) is 18.6. The Hall–Kier alpha value is -1.62. The number of benzene rings is 1. The fourth-order valence-electron chi connectivity index (χ4n) is 5.27. The summed E-state index contributed by atoms with van der Waals surface area (Å²) in [6.07, 6.45) is 10.5. The average molecular weight is 414 g/mol. The van der Waals surface area contributed by atoms with Gasteiger partial charge in [-0.15, -0.1) is 0 Å². The van der Waals surface area contributed by atoms with Gasteiger partial charge < -0.3 is 20.2 Å². The summed E-state index contributed by atoms with van der Waals surface area (Å²) in [7, 11) is 4.23. The molecule has 1 aromatic rings. The summed E-state index contributed by atoms with van der Waals surface area (Å²) >= 11 is 0. The minimum absolute atomic E-state index is 0.184. The Bertz CT molecular complexity index is 712. The molecule has 166 valence electrons. The molecule has 0 amide bonds. The SMILES string of the molecule is CN(C)CCCCCC1=C[C@@H]2C[C@@H](O)[C@H](C(O)C=C(O)CCc3ccccc3)[C@H]2C1. The van der Waals surface area contributed by atoms with Crippen molar-refractivity contribution in [1.82, 2.24) is 4.90 Å². The number of allylic oxidation sites excluding steroid dienone is 3. The topological polar surface area (TPSA) is 63.9 Å². The first-order valence-corrected chi connectivity index (χ1v) is 11.6. The second-order valence-electron chi connectivity index (χ2n) is 9.49. The normalized spacial score (nSPS) is 27.4. The molecule has 30 heavy (non-hydrogen) atoms. The van der Waals surface area contributed by atoms with Crippen molar-refractivity contribution < 1.29 is 15.3 Å². The van der Waals surface area contributed by atoms with E-state index in [-0.39, 0.29) is 11.7 Å². The van der Waals surface area contributed by atoms with Crippen LogP contribution in [0.4, 0.5) is 0 Å². The molecule has 1 unspecified atom stereocenters. The number of hydrogen-bond acceptors (Lipinski definition) is 4. The molecule has 1 saturated carbocycles. The van der Waals surface area contributed by atoms with Gasteiger partial charge in [-0.25, -0.2) is 0 Å². The van der Waals surface area contributed by atoms with Gasteiger partial charge in [0.05, 0.1) is 18.0 Å². The van der Waals surface area contributed by atoms with E-state index in [1.165, 1.54) is 30.4 Å². The zero-order chi connectivity index (χ0) is 21.5. The van der Waals surface area contributed by atoms with Gasteiger partial charge in [-0.3, -0.25) is 0 Å². The number of fused-ring (bicyclic) bond motifs is 1. The number of rotatable bonds is 11. The first-order chi connectivity index (χ1) is 14.4. The fraction of sp³-hybridized carbons (Fsp3) is 0.615. The van der Waals surface area contributed by atoms with Crippen molar-refractivity contribution in [3.63, 3.8) is 0 Å². The van der Waals surface area contributed by atoms with Gasteiger partial charge >= 0.3 is 0 Å². The van der Waals surface area contributed by atoms with Gasteiger partial charge in [0.2, 0.25) is 0 Å². The standard InChI is InChI=1S/C26H39NO3/c1-27(2)14-8-4-7-11-20-15-21-17-24(29)26(23(21)16-20)25(30)18-22(28)13-12-19-9-5-3-6-10-19/h3,5-6,9-10,15,18,21,23-26,28-30H,4,7-8,11-14,16-17H2,1-2H3/t21-,23+,24-,25?,26-/m1/s1. The summed E-state index contributed by atoms with van der Waals surface area (Å²) in [5, 5.41) is 31.7. The van der Waals surface area contributed by atoms with Gasteiger partial charge in [-0.2, -0.15) is 0 Å². The van der Waals surface area contributed by atoms with Gasteiger partial charge in [-0.1, -0.05) is 48.4 Å². The molecule has 2 aliphatic carbocycles. The maximum Gasteiger partial charge on any atom is 0.0911 e. The largest absolute Gasteiger partial charge is 0.513 e. The molecule has 1 aromatic carbocycles. The molecule has 3 rings (SSSR count). The summed E-state index contributed by atoms with van der Waals surface area (Å²) in [5.41, 5.74) is 2.67. The second kappa shape index (κ2) is 11.1. The van der Waals surface area contributed by atoms with Crippen LogP contribution in [-0.4, -0.2) is 53.1 Å². The third-order valence-electron chi connectivity index (χ3n) is 6.82. The molecular formula is C26H39NO3. The summed E-state index contributed by atoms with van der Waals surface area (Å²) in [4.78, 5) is 2.23. The van der Waals surface area contributed by atoms with Crippen molar-refractivity contribution >= 4 is 0 Å². The quantitative estimate of drug-likeness (QED) is 0.284. The molecule has 1 fully saturated rings. The third kappa shape index (κ3) is 6.44. The molecule has 0 aromatic heterocycles. The van der Waals surface area contributed by atoms with Crippen LogP contribution >= 0.6 is 0 Å². The van der Waals surface area contributed by atoms with E-state index in [9.17, 15) is 15.3 Å². The van der Waals surface area contributed by atoms with Gasteiger partial charge in [0, 0.05) is 12.3 Å². The van der Waals surface area contributed by atoms with Crippen molar-refractivity contribution in [2.45, 2.75) is 63.6 Å². The Kier molecular flexibility index (Phi) is 8.55. The van der Waals surface area contributed by atoms with Gasteiger partial charge in [-0.05, 0) is 82.6 Å². The Morgan fingerprint density at radius 2 is 1.90 bits per heavy atom. The van der Waals surface area contributed by atoms with Gasteiger partial charge in [0.25, 0.3) is 0 Å². The van der Waals surface area contributed by atoms with E-state index in [0.29, 0.717) is 18.3 Å². The van der Waals surface area contributed by atoms with E-state index in [4.69, 9.17) is 0 Å². The molecule has 0 spiro atoms. The molecule has 3 N–H and O–H groups in total. The van der Waals surface area contributed by atoms with E-state index in [1.807, 2.05) is 30.3 Å². The maximum absolute atomic E-state index is 10.8. The lowest BCUT2D eigenvalue weighted by Gasteiger charge is -2.25. The highest BCUT2D eigenvalue weighted by molar-refractivity contribution is 5.21. The molecular weight excluding hydrogens is 374 g/mol. The minimum atomic E-state index is -0.793. The van der Waals surface area contributed by atoms with Gasteiger partial charge in [0.15, 0.2) is 0 Å². The van der Waals surface area contributed by atoms with E-state index < -0.39 is 12.2 Å². The smallest absolute Gasteiger partial charge is 0.0911 e. The monoisotopic (exact) mass is 413 g/mol. The van der Waals surface area contributed by atoms with Crippen LogP contribution in [0.2, 0.25) is 0 Å². The number of aliphatic hydroxyl groups is 3. The van der Waals surface area contributed by atoms with Crippen LogP contribution in [0, 0.1) is 17.8 Å². The predicted octanol–water partition coefficient (Wildman–Crippen LogP) is 4.49. The van der Waals surface area contributed by atoms with Crippen LogP contribution in [0.15, 0.2) is 53.8 Å². The molecule has 4 heteroatoms. The summed E-state index contributed by atoms with van der Waals surface area (Å²) in [6.45, 7) is 1.14. The van der Waals surface area contributed by atoms with Gasteiger partial charge in [0.1, 0.15) is 0 Å². The molecule has 0 heterocycles. The highest BCUT2D eigenvalue weighted by atomic mass is 16.3. The zero-order valence-corrected chi connectivity index (χ0v) is 18.6. The number of aryl methyl sites for hydroxylation is 1. The third-order valence-corrected chi connectivity index (χ3v) is 6.82. The molecule has 4 nitrogen and oxygen atoms in total. The molecule has 5 atom stereocenters. The van der Waals surface area contributed by atoms with Crippen molar-refractivity contribution in [2.24, 2.45) is 17.8 Å². The van der Waals surface area contributed by atoms with E-state index in [1.54, 1.807) is 6.08 Å². The van der Waals surface area contributed by atoms with Crippen LogP contribution < -0.4 is 0 Å². The highest BCUT2D eigenvalue weighted by Crippen LogP contribution is 2.49. The lowest BCUT2D eigenvalue weighted by atomic mass is 9.84. The van der Waals surface area contributed by atoms with Crippen molar-refractivity contribution in [3.8, 4) is 0 Å². The summed E-state index contributed by atoms with van der Waals surface area (Å²) in [5.74, 6) is 0.701. The van der Waals surface area contributed by atoms with Crippen molar-refractivity contribution in [1.29, 1.82) is 0 Å². The number of hydrogen-bond donors (Lipinski definition) is 3. The van der Waals surface area contributed by atoms with Crippen LogP contribution in [0.1, 0.15) is 50.5 Å². The average Bonchev–Trinajstić information content (AvgIpc) is 3.22. The first-order valence-electron chi connectivity index (χ1n) is 11.6. The van der Waals surface area contributed by atoms with Crippen molar-refractivity contribution in [3.05, 3.63) is 59.4 Å². The lowest BCUT2D eigenvalue weighted by Crippen LogP contribution is -2.31. The Balaban J connectivity index is 1.48. The van der Waals surface area contributed by atoms with Crippen LogP contribution in [0.3, 0.4) is 0 Å². The van der Waals surface area contributed by atoms with E-state index in [2.05, 4.69) is 25.1 Å². The Morgan fingerprint density at radius 1 is 1.13 bits per heavy atom. The second-order valence-corrected chi connectivity index (χ2v) is 9.49. The summed E-state index contributed by atoms with van der Waals surface area (Å²) < 4.78 is 0. The molecule has 2 aliphatic rings. The fourth-order valence-corrected chi connectivity index (χ4v) is 5.27. The number of unbranched alkanes of at least 4 members (excludes halogenated alkanes) is 2. The highest BCUT2D eigenvalue weighted by Gasteiger charge is 2.47. The van der Waals surface area contributed by atoms with Crippen molar-refractivity contribution in [2.75, 3.05) is 20.6 Å².